The van der Waals surface area contributed by atoms with E-state index in [1.807, 2.05) is 0 Å². The molecular weight excluding hydrogens is 184 g/mol. The Kier molecular flexibility index (Phi) is 1.28. The van der Waals surface area contributed by atoms with E-state index in [1.165, 1.54) is 6.42 Å². The average molecular weight is 212 g/mol. The lowest BCUT2D eigenvalue weighted by molar-refractivity contribution is -0.118. The summed E-state index contributed by atoms with van der Waals surface area (Å²) in [4.78, 5) is 11.9. The van der Waals surface area contributed by atoms with E-state index in [-0.39, 0.29) is 18.3 Å². The zero-order chi connectivity index (χ0) is 15.6. The molecule has 0 N–H and O–H groups in total. The summed E-state index contributed by atoms with van der Waals surface area (Å²) >= 11 is 0. The van der Waals surface area contributed by atoms with E-state index < -0.39 is 24.9 Å². The van der Waals surface area contributed by atoms with Gasteiger partial charge in [0.2, 0.25) is 0 Å². The fourth-order valence-corrected chi connectivity index (χ4v) is 4.26. The van der Waals surface area contributed by atoms with Crippen molar-refractivity contribution in [2.45, 2.75) is 51.7 Å². The molecule has 84 valence electrons. The van der Waals surface area contributed by atoms with Crippen molar-refractivity contribution >= 4 is 5.78 Å². The lowest BCUT2D eigenvalue weighted by Crippen LogP contribution is -2.45. The minimum atomic E-state index is -2.92. The molecule has 0 radical (unpaired) electrons. The van der Waals surface area contributed by atoms with Crippen molar-refractivity contribution in [1.82, 2.24) is 0 Å². The Morgan fingerprint density at radius 2 is 1.87 bits per heavy atom. The lowest BCUT2D eigenvalue weighted by Gasteiger charge is -2.54. The van der Waals surface area contributed by atoms with Gasteiger partial charge in [-0.25, -0.2) is 0 Å². The van der Waals surface area contributed by atoms with E-state index in [2.05, 4.69) is 0 Å². The molecule has 1 heteroatoms. The third kappa shape index (κ3) is 1.74. The first-order chi connectivity index (χ1) is 9.52. The molecule has 4 rings (SSSR count). The second-order valence-corrected chi connectivity index (χ2v) is 5.56. The number of Topliss-reactive ketones (excluding diaryl/α,β-unsaturated/α-hetero) is 1. The van der Waals surface area contributed by atoms with Gasteiger partial charge in [-0.05, 0) is 74.9 Å². The molecule has 0 aromatic carbocycles. The van der Waals surface area contributed by atoms with Crippen LogP contribution in [0, 0.1) is 29.6 Å². The van der Waals surface area contributed by atoms with Gasteiger partial charge in [0.05, 0.1) is 0 Å². The summed E-state index contributed by atoms with van der Waals surface area (Å²) in [7, 11) is 0. The van der Waals surface area contributed by atoms with Crippen molar-refractivity contribution in [3.05, 3.63) is 0 Å². The molecule has 4 aliphatic rings. The van der Waals surface area contributed by atoms with Crippen LogP contribution in [-0.2, 0) is 4.79 Å². The SMILES string of the molecule is [2H]C([2H])([2H])C(=O)C([2H])([2H])CC1([2H])C2CC3CC(C2)CC1C3. The first-order valence-electron chi connectivity index (χ1n) is 9.07. The van der Waals surface area contributed by atoms with Gasteiger partial charge < -0.3 is 4.79 Å². The third-order valence-corrected chi connectivity index (χ3v) is 4.64. The largest absolute Gasteiger partial charge is 0.300 e. The van der Waals surface area contributed by atoms with Gasteiger partial charge >= 0.3 is 0 Å². The van der Waals surface area contributed by atoms with Gasteiger partial charge in [0.1, 0.15) is 5.78 Å². The molecule has 15 heavy (non-hydrogen) atoms. The van der Waals surface area contributed by atoms with E-state index in [9.17, 15) is 4.79 Å². The van der Waals surface area contributed by atoms with Crippen molar-refractivity contribution in [2.75, 3.05) is 0 Å². The van der Waals surface area contributed by atoms with Crippen molar-refractivity contribution in [1.29, 1.82) is 0 Å². The van der Waals surface area contributed by atoms with Crippen LogP contribution in [0.1, 0.15) is 60.0 Å². The first kappa shape index (κ1) is 5.33. The van der Waals surface area contributed by atoms with E-state index in [1.54, 1.807) is 0 Å². The van der Waals surface area contributed by atoms with Crippen molar-refractivity contribution in [3.63, 3.8) is 0 Å². The molecule has 0 unspecified atom stereocenters. The van der Waals surface area contributed by atoms with E-state index in [4.69, 9.17) is 8.22 Å². The number of carbonyl (C=O) groups excluding carboxylic acids is 1. The molecule has 4 saturated carbocycles. The van der Waals surface area contributed by atoms with Crippen LogP contribution < -0.4 is 0 Å². The minimum absolute atomic E-state index is 0.133. The fourth-order valence-electron chi connectivity index (χ4n) is 4.26. The van der Waals surface area contributed by atoms with Crippen molar-refractivity contribution in [2.24, 2.45) is 29.6 Å². The molecule has 4 bridgehead atoms. The third-order valence-electron chi connectivity index (χ3n) is 4.64. The number of ketones is 1. The summed E-state index contributed by atoms with van der Waals surface area (Å²) < 4.78 is 46.1. The quantitative estimate of drug-likeness (QED) is 0.700. The Morgan fingerprint density at radius 1 is 1.27 bits per heavy atom. The second-order valence-electron chi connectivity index (χ2n) is 5.56. The predicted octanol–water partition coefficient (Wildman–Crippen LogP) is 3.43. The van der Waals surface area contributed by atoms with Crippen molar-refractivity contribution < 1.29 is 13.0 Å². The first-order valence-corrected chi connectivity index (χ1v) is 6.07. The van der Waals surface area contributed by atoms with Gasteiger partial charge in [0.25, 0.3) is 0 Å². The molecule has 4 fully saturated rings. The second kappa shape index (κ2) is 3.61. The average Bonchev–Trinajstić information content (AvgIpc) is 2.33. The van der Waals surface area contributed by atoms with Gasteiger partial charge in [-0.2, -0.15) is 0 Å². The van der Waals surface area contributed by atoms with Crippen LogP contribution in [0.5, 0.6) is 0 Å². The number of hydrogen-bond acceptors (Lipinski definition) is 1. The van der Waals surface area contributed by atoms with Gasteiger partial charge in [0.15, 0.2) is 0 Å². The number of hydrogen-bond donors (Lipinski definition) is 0. The highest BCUT2D eigenvalue weighted by Gasteiger charge is 2.47. The standard InChI is InChI=1S/C14H22O/c1-9(15)2-3-14-12-5-10-4-11(7-12)8-13(14)6-10/h10-14H,2-8H2,1H3/i1D3,2D2,14D. The summed E-state index contributed by atoms with van der Waals surface area (Å²) in [5.74, 6) is -0.708. The molecule has 0 heterocycles. The van der Waals surface area contributed by atoms with E-state index >= 15 is 0 Å². The molecule has 0 aromatic heterocycles. The molecule has 0 spiro atoms. The minimum Gasteiger partial charge on any atom is -0.300 e. The Hall–Kier alpha value is -0.330. The van der Waals surface area contributed by atoms with Crippen LogP contribution in [0.3, 0.4) is 0 Å². The van der Waals surface area contributed by atoms with E-state index in [0.29, 0.717) is 11.8 Å². The zero-order valence-corrected chi connectivity index (χ0v) is 8.96. The van der Waals surface area contributed by atoms with Crippen LogP contribution in [0.4, 0.5) is 0 Å². The fraction of sp³-hybridized carbons (Fsp3) is 0.929. The molecule has 0 atom stereocenters. The van der Waals surface area contributed by atoms with Crippen LogP contribution in [-0.4, -0.2) is 5.78 Å². The topological polar surface area (TPSA) is 17.1 Å². The Balaban J connectivity index is 1.82. The highest BCUT2D eigenvalue weighted by atomic mass is 16.1. The van der Waals surface area contributed by atoms with E-state index in [0.717, 1.165) is 25.7 Å². The van der Waals surface area contributed by atoms with Gasteiger partial charge in [0, 0.05) is 14.6 Å². The van der Waals surface area contributed by atoms with Crippen LogP contribution in [0.25, 0.3) is 0 Å². The monoisotopic (exact) mass is 212 g/mol. The predicted molar refractivity (Wildman–Crippen MR) is 60.5 cm³/mol. The molecule has 0 aromatic rings. The maximum atomic E-state index is 11.9. The summed E-state index contributed by atoms with van der Waals surface area (Å²) in [6.45, 7) is -2.92. The van der Waals surface area contributed by atoms with Crippen molar-refractivity contribution in [3.8, 4) is 0 Å². The molecule has 1 nitrogen and oxygen atoms in total. The normalized spacial score (nSPS) is 59.7. The highest BCUT2D eigenvalue weighted by Crippen LogP contribution is 2.57. The summed E-state index contributed by atoms with van der Waals surface area (Å²) in [5, 5.41) is 0. The molecule has 0 saturated heterocycles. The summed E-state index contributed by atoms with van der Waals surface area (Å²) in [6, 6.07) is 0. The number of rotatable bonds is 3. The van der Waals surface area contributed by atoms with Crippen LogP contribution in [0.2, 0.25) is 0 Å². The number of carbonyl (C=O) groups is 1. The van der Waals surface area contributed by atoms with Gasteiger partial charge in [-0.15, -0.1) is 0 Å². The van der Waals surface area contributed by atoms with Crippen LogP contribution >= 0.6 is 0 Å². The Morgan fingerprint density at radius 3 is 2.40 bits per heavy atom. The smallest absolute Gasteiger partial charge is 0.129 e. The highest BCUT2D eigenvalue weighted by molar-refractivity contribution is 5.75. The van der Waals surface area contributed by atoms with Gasteiger partial charge in [-0.3, -0.25) is 0 Å². The maximum absolute atomic E-state index is 11.9. The maximum Gasteiger partial charge on any atom is 0.129 e. The molecule has 0 amide bonds. The summed E-state index contributed by atoms with van der Waals surface area (Å²) in [6.07, 6.45) is 2.37. The van der Waals surface area contributed by atoms with Crippen LogP contribution in [0.15, 0.2) is 0 Å². The lowest BCUT2D eigenvalue weighted by atomic mass is 9.51. The molecular formula is C14H22O. The Bertz CT molecular complexity index is 427. The Labute approximate surface area is 101 Å². The molecule has 4 aliphatic carbocycles. The molecule has 0 aliphatic heterocycles. The van der Waals surface area contributed by atoms with Gasteiger partial charge in [-0.1, -0.05) is 0 Å². The summed E-state index contributed by atoms with van der Waals surface area (Å²) in [5.41, 5.74) is 0. The zero-order valence-electron chi connectivity index (χ0n) is 15.0.